The van der Waals surface area contributed by atoms with Crippen LogP contribution in [-0.2, 0) is 0 Å². The molecule has 23 heavy (non-hydrogen) atoms. The maximum atomic E-state index is 9.94. The van der Waals surface area contributed by atoms with Gasteiger partial charge >= 0.3 is 0 Å². The number of rotatable bonds is 4. The Hall–Kier alpha value is -1.64. The fourth-order valence-electron chi connectivity index (χ4n) is 1.74. The fraction of sp³-hybridized carbons (Fsp3) is 0.0667. The molecule has 2 aromatic rings. The maximum Gasteiger partial charge on any atom is 0.191 e. The Kier molecular flexibility index (Phi) is 6.37. The number of aromatic hydroxyl groups is 1. The molecule has 2 rings (SSSR count). The fourth-order valence-corrected chi connectivity index (χ4v) is 3.16. The lowest BCUT2D eigenvalue weighted by Crippen LogP contribution is -2.24. The van der Waals surface area contributed by atoms with Crippen LogP contribution in [0.25, 0.3) is 0 Å². The first-order chi connectivity index (χ1) is 11.0. The van der Waals surface area contributed by atoms with E-state index in [1.54, 1.807) is 19.2 Å². The molecule has 0 fully saturated rings. The molecule has 0 aliphatic heterocycles. The number of hydrogen-bond donors (Lipinski definition) is 3. The van der Waals surface area contributed by atoms with Crippen LogP contribution in [0.3, 0.4) is 0 Å². The summed E-state index contributed by atoms with van der Waals surface area (Å²) in [7, 11) is 1.59. The molecular formula is C15H13Br2N3O2S. The molecule has 0 heterocycles. The summed E-state index contributed by atoms with van der Waals surface area (Å²) in [5.74, 6) is 0.775. The van der Waals surface area contributed by atoms with E-state index >= 15 is 0 Å². The van der Waals surface area contributed by atoms with Crippen molar-refractivity contribution in [3.05, 3.63) is 50.9 Å². The summed E-state index contributed by atoms with van der Waals surface area (Å²) in [6, 6.07) is 10.9. The number of halogens is 2. The van der Waals surface area contributed by atoms with Crippen molar-refractivity contribution in [3.8, 4) is 11.5 Å². The topological polar surface area (TPSA) is 65.9 Å². The van der Waals surface area contributed by atoms with Crippen molar-refractivity contribution in [2.24, 2.45) is 5.10 Å². The number of ether oxygens (including phenoxy) is 1. The SMILES string of the molecule is COc1ccccc1NC(=S)N/N=C/c1cc(Br)cc(Br)c1O. The number of anilines is 1. The standard InChI is InChI=1S/C15H13Br2N3O2S/c1-22-13-5-3-2-4-12(13)19-15(23)20-18-8-9-6-10(16)7-11(17)14(9)21/h2-8,21H,1H3,(H2,19,20,23)/b18-8+. The number of hydrogen-bond acceptors (Lipinski definition) is 4. The van der Waals surface area contributed by atoms with Crippen LogP contribution in [0.4, 0.5) is 5.69 Å². The highest BCUT2D eigenvalue weighted by molar-refractivity contribution is 9.11. The van der Waals surface area contributed by atoms with Crippen LogP contribution in [0, 0.1) is 0 Å². The normalized spacial score (nSPS) is 10.6. The van der Waals surface area contributed by atoms with Gasteiger partial charge in [-0.1, -0.05) is 28.1 Å². The lowest BCUT2D eigenvalue weighted by atomic mass is 10.2. The summed E-state index contributed by atoms with van der Waals surface area (Å²) in [5.41, 5.74) is 3.96. The second-order valence-electron chi connectivity index (χ2n) is 4.35. The third kappa shape index (κ3) is 4.92. The zero-order valence-electron chi connectivity index (χ0n) is 12.0. The molecule has 0 saturated carbocycles. The number of phenolic OH excluding ortho intramolecular Hbond substituents is 1. The van der Waals surface area contributed by atoms with Crippen molar-refractivity contribution < 1.29 is 9.84 Å². The Bertz CT molecular complexity index is 753. The molecule has 0 aromatic heterocycles. The summed E-state index contributed by atoms with van der Waals surface area (Å²) in [4.78, 5) is 0. The predicted octanol–water partition coefficient (Wildman–Crippen LogP) is 4.25. The molecule has 0 bridgehead atoms. The lowest BCUT2D eigenvalue weighted by Gasteiger charge is -2.10. The molecule has 0 aliphatic carbocycles. The first-order valence-electron chi connectivity index (χ1n) is 6.42. The monoisotopic (exact) mass is 457 g/mol. The molecule has 3 N–H and O–H groups in total. The molecule has 0 spiro atoms. The largest absolute Gasteiger partial charge is 0.506 e. The minimum atomic E-state index is 0.0994. The van der Waals surface area contributed by atoms with Crippen molar-refractivity contribution in [2.45, 2.75) is 0 Å². The molecule has 2 aromatic carbocycles. The minimum Gasteiger partial charge on any atom is -0.506 e. The van der Waals surface area contributed by atoms with Gasteiger partial charge in [-0.2, -0.15) is 5.10 Å². The molecule has 0 unspecified atom stereocenters. The summed E-state index contributed by atoms with van der Waals surface area (Å²) in [6.07, 6.45) is 1.47. The van der Waals surface area contributed by atoms with E-state index in [0.29, 0.717) is 20.9 Å². The van der Waals surface area contributed by atoms with Crippen molar-refractivity contribution in [1.29, 1.82) is 0 Å². The molecule has 120 valence electrons. The van der Waals surface area contributed by atoms with E-state index in [9.17, 15) is 5.11 Å². The third-order valence-corrected chi connectivity index (χ3v) is 4.04. The van der Waals surface area contributed by atoms with Gasteiger partial charge in [0.05, 0.1) is 23.5 Å². The van der Waals surface area contributed by atoms with Crippen molar-refractivity contribution in [2.75, 3.05) is 12.4 Å². The van der Waals surface area contributed by atoms with E-state index in [2.05, 4.69) is 47.7 Å². The first kappa shape index (κ1) is 17.7. The second-order valence-corrected chi connectivity index (χ2v) is 6.53. The molecule has 0 amide bonds. The van der Waals surface area contributed by atoms with Crippen LogP contribution in [0.1, 0.15) is 5.56 Å². The van der Waals surface area contributed by atoms with Gasteiger partial charge in [-0.15, -0.1) is 0 Å². The van der Waals surface area contributed by atoms with Crippen LogP contribution in [0.5, 0.6) is 11.5 Å². The van der Waals surface area contributed by atoms with Gasteiger partial charge in [0.25, 0.3) is 0 Å². The summed E-state index contributed by atoms with van der Waals surface area (Å²) < 4.78 is 6.62. The average Bonchev–Trinajstić information content (AvgIpc) is 2.52. The maximum absolute atomic E-state index is 9.94. The Balaban J connectivity index is 2.02. The quantitative estimate of drug-likeness (QED) is 0.363. The van der Waals surface area contributed by atoms with Gasteiger partial charge in [-0.3, -0.25) is 5.43 Å². The summed E-state index contributed by atoms with van der Waals surface area (Å²) in [6.45, 7) is 0. The second kappa shape index (κ2) is 8.28. The third-order valence-electron chi connectivity index (χ3n) is 2.78. The highest BCUT2D eigenvalue weighted by Crippen LogP contribution is 2.30. The summed E-state index contributed by atoms with van der Waals surface area (Å²) in [5, 5.41) is 17.2. The number of benzene rings is 2. The molecule has 0 aliphatic rings. The number of phenols is 1. The van der Waals surface area contributed by atoms with Gasteiger partial charge in [0.15, 0.2) is 5.11 Å². The van der Waals surface area contributed by atoms with Crippen molar-refractivity contribution in [1.82, 2.24) is 5.43 Å². The van der Waals surface area contributed by atoms with Crippen LogP contribution in [-0.4, -0.2) is 23.5 Å². The molecule has 0 atom stereocenters. The molecule has 0 saturated heterocycles. The number of hydrazone groups is 1. The Morgan fingerprint density at radius 3 is 2.78 bits per heavy atom. The molecule has 8 heteroatoms. The molecular weight excluding hydrogens is 446 g/mol. The molecule has 0 radical (unpaired) electrons. The number of methoxy groups -OCH3 is 1. The van der Waals surface area contributed by atoms with Crippen molar-refractivity contribution in [3.63, 3.8) is 0 Å². The van der Waals surface area contributed by atoms with Crippen molar-refractivity contribution >= 4 is 61.1 Å². The van der Waals surface area contributed by atoms with Crippen LogP contribution >= 0.6 is 44.1 Å². The van der Waals surface area contributed by atoms with E-state index < -0.39 is 0 Å². The van der Waals surface area contributed by atoms with Gasteiger partial charge in [0.2, 0.25) is 0 Å². The van der Waals surface area contributed by atoms with Crippen LogP contribution in [0.15, 0.2) is 50.4 Å². The number of thiocarbonyl (C=S) groups is 1. The highest BCUT2D eigenvalue weighted by atomic mass is 79.9. The average molecular weight is 459 g/mol. The molecule has 5 nitrogen and oxygen atoms in total. The lowest BCUT2D eigenvalue weighted by molar-refractivity contribution is 0.417. The van der Waals surface area contributed by atoms with Gasteiger partial charge < -0.3 is 15.2 Å². The van der Waals surface area contributed by atoms with Crippen LogP contribution in [0.2, 0.25) is 0 Å². The number of nitrogens with zero attached hydrogens (tertiary/aromatic N) is 1. The highest BCUT2D eigenvalue weighted by Gasteiger charge is 2.06. The Morgan fingerprint density at radius 1 is 1.30 bits per heavy atom. The number of para-hydroxylation sites is 2. The zero-order chi connectivity index (χ0) is 16.8. The first-order valence-corrected chi connectivity index (χ1v) is 8.41. The number of nitrogens with one attached hydrogen (secondary N) is 2. The summed E-state index contributed by atoms with van der Waals surface area (Å²) >= 11 is 11.8. The van der Waals surface area contributed by atoms with Crippen LogP contribution < -0.4 is 15.5 Å². The van der Waals surface area contributed by atoms with E-state index in [-0.39, 0.29) is 5.75 Å². The van der Waals surface area contributed by atoms with E-state index in [4.69, 9.17) is 17.0 Å². The smallest absolute Gasteiger partial charge is 0.191 e. The zero-order valence-corrected chi connectivity index (χ0v) is 16.0. The minimum absolute atomic E-state index is 0.0994. The van der Waals surface area contributed by atoms with Gasteiger partial charge in [-0.05, 0) is 52.4 Å². The van der Waals surface area contributed by atoms with E-state index in [1.165, 1.54) is 6.21 Å². The van der Waals surface area contributed by atoms with Gasteiger partial charge in [-0.25, -0.2) is 0 Å². The van der Waals surface area contributed by atoms with E-state index in [1.807, 2.05) is 24.3 Å². The Morgan fingerprint density at radius 2 is 2.04 bits per heavy atom. The van der Waals surface area contributed by atoms with Gasteiger partial charge in [0.1, 0.15) is 11.5 Å². The Labute approximate surface area is 156 Å². The van der Waals surface area contributed by atoms with Gasteiger partial charge in [0, 0.05) is 10.0 Å². The predicted molar refractivity (Wildman–Crippen MR) is 103 cm³/mol. The van der Waals surface area contributed by atoms with E-state index in [0.717, 1.165) is 10.2 Å².